The van der Waals surface area contributed by atoms with Crippen molar-refractivity contribution >= 4 is 5.91 Å². The van der Waals surface area contributed by atoms with Crippen LogP contribution in [0.15, 0.2) is 121 Å². The number of carbonyl (C=O) groups excluding carboxylic acids is 1. The van der Waals surface area contributed by atoms with Crippen molar-refractivity contribution in [3.8, 4) is 0 Å². The fraction of sp³-hybridized carbons (Fsp3) is 0.324. The van der Waals surface area contributed by atoms with E-state index in [0.29, 0.717) is 0 Å². The van der Waals surface area contributed by atoms with Crippen molar-refractivity contribution in [1.82, 2.24) is 5.32 Å². The molecule has 46 heavy (non-hydrogen) atoms. The number of amides is 1. The number of nitrogens with one attached hydrogen (secondary N) is 1. The molecule has 4 aromatic carbocycles. The highest BCUT2D eigenvalue weighted by atomic mass is 16.6. The van der Waals surface area contributed by atoms with Gasteiger partial charge in [0.05, 0.1) is 45.7 Å². The Morgan fingerprint density at radius 2 is 1.00 bits per heavy atom. The van der Waals surface area contributed by atoms with Gasteiger partial charge < -0.3 is 39.6 Å². The second-order valence-corrected chi connectivity index (χ2v) is 10.9. The molecular formula is C37H43NO8. The summed E-state index contributed by atoms with van der Waals surface area (Å²) < 4.78 is 25.0. The van der Waals surface area contributed by atoms with Gasteiger partial charge in [0, 0.05) is 6.54 Å². The molecule has 0 unspecified atom stereocenters. The highest BCUT2D eigenvalue weighted by molar-refractivity contribution is 5.81. The lowest BCUT2D eigenvalue weighted by Crippen LogP contribution is -2.55. The smallest absolute Gasteiger partial charge is 0.252 e. The molecule has 4 rings (SSSR count). The monoisotopic (exact) mass is 629 g/mol. The average molecular weight is 630 g/mol. The standard InChI is InChI=1S/C37H43NO8/c39-22-32(40)21-38-37(42)36(46-26-31-19-11-4-12-20-31)35(45-25-30-17-9-3-10-18-30)34(44-24-29-15-7-2-8-16-29)33(41)27-43-23-28-13-5-1-6-14-28/h1-20,32-36,39-41H,21-27H2,(H,38,42)/t32-,33+,34+,35-,36+/m0/s1. The second kappa shape index (κ2) is 19.6. The summed E-state index contributed by atoms with van der Waals surface area (Å²) in [5.41, 5.74) is 3.48. The van der Waals surface area contributed by atoms with Crippen LogP contribution in [0.1, 0.15) is 22.3 Å². The summed E-state index contributed by atoms with van der Waals surface area (Å²) in [5.74, 6) is -0.591. The lowest BCUT2D eigenvalue weighted by atomic mass is 10.0. The summed E-state index contributed by atoms with van der Waals surface area (Å²) in [6.07, 6.45) is -5.85. The van der Waals surface area contributed by atoms with Crippen LogP contribution in [-0.2, 0) is 50.2 Å². The van der Waals surface area contributed by atoms with Gasteiger partial charge in [-0.25, -0.2) is 0 Å². The number of hydrogen-bond donors (Lipinski definition) is 4. The van der Waals surface area contributed by atoms with Gasteiger partial charge in [-0.05, 0) is 22.3 Å². The summed E-state index contributed by atoms with van der Waals surface area (Å²) in [6, 6.07) is 37.9. The van der Waals surface area contributed by atoms with Crippen molar-refractivity contribution in [3.05, 3.63) is 144 Å². The summed E-state index contributed by atoms with van der Waals surface area (Å²) in [7, 11) is 0. The number of carbonyl (C=O) groups is 1. The van der Waals surface area contributed by atoms with E-state index in [1.807, 2.05) is 121 Å². The average Bonchev–Trinajstić information content (AvgIpc) is 3.11. The van der Waals surface area contributed by atoms with E-state index in [2.05, 4.69) is 5.32 Å². The Labute approximate surface area is 270 Å². The first-order valence-electron chi connectivity index (χ1n) is 15.4. The van der Waals surface area contributed by atoms with Crippen LogP contribution in [0.25, 0.3) is 0 Å². The highest BCUT2D eigenvalue weighted by Gasteiger charge is 2.41. The van der Waals surface area contributed by atoms with Gasteiger partial charge in [0.2, 0.25) is 0 Å². The molecule has 244 valence electrons. The van der Waals surface area contributed by atoms with Crippen molar-refractivity contribution in [1.29, 1.82) is 0 Å². The molecule has 0 aliphatic carbocycles. The third-order valence-electron chi connectivity index (χ3n) is 7.23. The molecule has 9 nitrogen and oxygen atoms in total. The van der Waals surface area contributed by atoms with Crippen LogP contribution in [0.3, 0.4) is 0 Å². The number of aliphatic hydroxyl groups is 3. The second-order valence-electron chi connectivity index (χ2n) is 10.9. The quantitative estimate of drug-likeness (QED) is 0.116. The molecule has 0 aliphatic rings. The molecular weight excluding hydrogens is 586 g/mol. The van der Waals surface area contributed by atoms with Crippen molar-refractivity contribution < 1.29 is 39.1 Å². The lowest BCUT2D eigenvalue weighted by Gasteiger charge is -2.35. The third kappa shape index (κ3) is 11.8. The Bertz CT molecular complexity index is 1380. The fourth-order valence-corrected chi connectivity index (χ4v) is 4.74. The summed E-state index contributed by atoms with van der Waals surface area (Å²) in [4.78, 5) is 13.8. The van der Waals surface area contributed by atoms with Gasteiger partial charge >= 0.3 is 0 Å². The van der Waals surface area contributed by atoms with E-state index in [1.165, 1.54) is 0 Å². The number of hydrogen-bond acceptors (Lipinski definition) is 8. The van der Waals surface area contributed by atoms with E-state index in [9.17, 15) is 20.1 Å². The maximum Gasteiger partial charge on any atom is 0.252 e. The SMILES string of the molecule is O=C(NC[C@H](O)CO)[C@H](OCc1ccccc1)[C@@H](OCc1ccccc1)[C@H](OCc1ccccc1)[C@H](O)COCc1ccccc1. The summed E-state index contributed by atoms with van der Waals surface area (Å²) in [5, 5.41) is 33.6. The minimum absolute atomic E-state index is 0.0681. The van der Waals surface area contributed by atoms with Gasteiger partial charge in [0.15, 0.2) is 6.10 Å². The predicted octanol–water partition coefficient (Wildman–Crippen LogP) is 3.79. The molecule has 5 atom stereocenters. The topological polar surface area (TPSA) is 127 Å². The van der Waals surface area contributed by atoms with E-state index in [1.54, 1.807) is 0 Å². The zero-order valence-corrected chi connectivity index (χ0v) is 25.8. The van der Waals surface area contributed by atoms with Crippen molar-refractivity contribution in [2.75, 3.05) is 19.8 Å². The van der Waals surface area contributed by atoms with Gasteiger partial charge in [-0.3, -0.25) is 4.79 Å². The van der Waals surface area contributed by atoms with Crippen LogP contribution in [0.2, 0.25) is 0 Å². The van der Waals surface area contributed by atoms with Crippen molar-refractivity contribution in [2.24, 2.45) is 0 Å². The third-order valence-corrected chi connectivity index (χ3v) is 7.23. The zero-order chi connectivity index (χ0) is 32.4. The van der Waals surface area contributed by atoms with Gasteiger partial charge in [0.1, 0.15) is 18.3 Å². The molecule has 0 aromatic heterocycles. The molecule has 9 heteroatoms. The molecule has 1 amide bonds. The Morgan fingerprint density at radius 1 is 0.587 bits per heavy atom. The van der Waals surface area contributed by atoms with Crippen LogP contribution in [0.4, 0.5) is 0 Å². The summed E-state index contributed by atoms with van der Waals surface area (Å²) >= 11 is 0. The normalized spacial score (nSPS) is 14.6. The Kier molecular flexibility index (Phi) is 14.9. The fourth-order valence-electron chi connectivity index (χ4n) is 4.74. The van der Waals surface area contributed by atoms with Crippen LogP contribution in [0.5, 0.6) is 0 Å². The van der Waals surface area contributed by atoms with E-state index in [0.717, 1.165) is 22.3 Å². The first-order chi connectivity index (χ1) is 22.5. The molecule has 0 aliphatic heterocycles. The first-order valence-corrected chi connectivity index (χ1v) is 15.4. The molecule has 0 saturated heterocycles. The largest absolute Gasteiger partial charge is 0.394 e. The van der Waals surface area contributed by atoms with Gasteiger partial charge in [-0.15, -0.1) is 0 Å². The van der Waals surface area contributed by atoms with Crippen LogP contribution in [-0.4, -0.2) is 71.5 Å². The minimum Gasteiger partial charge on any atom is -0.394 e. The van der Waals surface area contributed by atoms with Crippen LogP contribution in [0, 0.1) is 0 Å². The lowest BCUT2D eigenvalue weighted by molar-refractivity contribution is -0.191. The molecule has 0 fully saturated rings. The van der Waals surface area contributed by atoms with E-state index < -0.39 is 43.0 Å². The Balaban J connectivity index is 1.64. The number of rotatable bonds is 20. The van der Waals surface area contributed by atoms with Gasteiger partial charge in [0.25, 0.3) is 5.91 Å². The first kappa shape index (κ1) is 34.9. The molecule has 0 heterocycles. The number of aliphatic hydroxyl groups excluding tert-OH is 3. The van der Waals surface area contributed by atoms with E-state index in [4.69, 9.17) is 18.9 Å². The highest BCUT2D eigenvalue weighted by Crippen LogP contribution is 2.22. The molecule has 4 aromatic rings. The van der Waals surface area contributed by atoms with Gasteiger partial charge in [-0.1, -0.05) is 121 Å². The van der Waals surface area contributed by atoms with Gasteiger partial charge in [-0.2, -0.15) is 0 Å². The van der Waals surface area contributed by atoms with E-state index in [-0.39, 0.29) is 39.6 Å². The predicted molar refractivity (Wildman–Crippen MR) is 173 cm³/mol. The van der Waals surface area contributed by atoms with Crippen LogP contribution >= 0.6 is 0 Å². The van der Waals surface area contributed by atoms with Crippen molar-refractivity contribution in [3.63, 3.8) is 0 Å². The maximum absolute atomic E-state index is 13.8. The zero-order valence-electron chi connectivity index (χ0n) is 25.8. The molecule has 4 N–H and O–H groups in total. The molecule has 0 spiro atoms. The molecule has 0 bridgehead atoms. The van der Waals surface area contributed by atoms with Crippen LogP contribution < -0.4 is 5.32 Å². The minimum atomic E-state index is -1.28. The Morgan fingerprint density at radius 3 is 1.46 bits per heavy atom. The number of benzene rings is 4. The maximum atomic E-state index is 13.8. The number of ether oxygens (including phenoxy) is 4. The summed E-state index contributed by atoms with van der Waals surface area (Å²) in [6.45, 7) is -0.260. The van der Waals surface area contributed by atoms with Crippen molar-refractivity contribution in [2.45, 2.75) is 56.9 Å². The van der Waals surface area contributed by atoms with E-state index >= 15 is 0 Å². The molecule has 0 saturated carbocycles. The Hall–Kier alpha value is -3.93. The molecule has 0 radical (unpaired) electrons.